The molecule has 1 fully saturated rings. The molecular weight excluding hydrogens is 368 g/mol. The molecule has 7 nitrogen and oxygen atoms in total. The van der Waals surface area contributed by atoms with E-state index in [1.807, 2.05) is 53.4 Å². The van der Waals surface area contributed by atoms with Gasteiger partial charge < -0.3 is 19.3 Å². The summed E-state index contributed by atoms with van der Waals surface area (Å²) in [6.07, 6.45) is 0. The molecule has 0 radical (unpaired) electrons. The third-order valence-electron chi connectivity index (χ3n) is 5.18. The van der Waals surface area contributed by atoms with Crippen molar-refractivity contribution < 1.29 is 14.3 Å². The number of carbonyl (C=O) groups excluding carboxylic acids is 1. The molecule has 2 aromatic carbocycles. The van der Waals surface area contributed by atoms with Crippen molar-refractivity contribution in [1.29, 1.82) is 0 Å². The minimum Gasteiger partial charge on any atom is -0.497 e. The first kappa shape index (κ1) is 18.9. The molecule has 0 aliphatic carbocycles. The van der Waals surface area contributed by atoms with Crippen molar-refractivity contribution in [1.82, 2.24) is 15.1 Å². The summed E-state index contributed by atoms with van der Waals surface area (Å²) < 4.78 is 10.5. The van der Waals surface area contributed by atoms with E-state index < -0.39 is 0 Å². The largest absolute Gasteiger partial charge is 0.497 e. The highest BCUT2D eigenvalue weighted by atomic mass is 16.5. The van der Waals surface area contributed by atoms with Crippen LogP contribution in [0.5, 0.6) is 11.5 Å². The molecule has 0 bridgehead atoms. The lowest BCUT2D eigenvalue weighted by molar-refractivity contribution is 0.0741. The summed E-state index contributed by atoms with van der Waals surface area (Å²) in [5, 5.41) is 7.19. The molecule has 29 heavy (non-hydrogen) atoms. The first-order valence-corrected chi connectivity index (χ1v) is 9.56. The molecule has 0 spiro atoms. The molecule has 0 atom stereocenters. The Morgan fingerprint density at radius 1 is 0.931 bits per heavy atom. The smallest absolute Gasteiger partial charge is 0.272 e. The second-order valence-electron chi connectivity index (χ2n) is 6.88. The number of nitrogens with zero attached hydrogens (tertiary/aromatic N) is 3. The van der Waals surface area contributed by atoms with Crippen LogP contribution in [-0.2, 0) is 0 Å². The van der Waals surface area contributed by atoms with Crippen molar-refractivity contribution in [2.45, 2.75) is 0 Å². The second-order valence-corrected chi connectivity index (χ2v) is 6.88. The second kappa shape index (κ2) is 8.26. The van der Waals surface area contributed by atoms with Gasteiger partial charge in [-0.25, -0.2) is 0 Å². The van der Waals surface area contributed by atoms with Crippen molar-refractivity contribution in [3.05, 3.63) is 60.3 Å². The van der Waals surface area contributed by atoms with Gasteiger partial charge in [-0.3, -0.25) is 9.89 Å². The van der Waals surface area contributed by atoms with E-state index in [9.17, 15) is 4.79 Å². The summed E-state index contributed by atoms with van der Waals surface area (Å²) >= 11 is 0. The summed E-state index contributed by atoms with van der Waals surface area (Å²) in [4.78, 5) is 17.0. The van der Waals surface area contributed by atoms with Gasteiger partial charge in [-0.1, -0.05) is 12.1 Å². The molecule has 150 valence electrons. The third-order valence-corrected chi connectivity index (χ3v) is 5.18. The highest BCUT2D eigenvalue weighted by Gasteiger charge is 2.24. The Kier molecular flexibility index (Phi) is 5.37. The van der Waals surface area contributed by atoms with E-state index in [0.717, 1.165) is 41.5 Å². The topological polar surface area (TPSA) is 70.7 Å². The average Bonchev–Trinajstić information content (AvgIpc) is 3.29. The van der Waals surface area contributed by atoms with Crippen LogP contribution in [0.1, 0.15) is 10.5 Å². The molecule has 1 aromatic heterocycles. The zero-order valence-corrected chi connectivity index (χ0v) is 16.6. The Morgan fingerprint density at radius 3 is 2.34 bits per heavy atom. The Bertz CT molecular complexity index is 976. The van der Waals surface area contributed by atoms with Gasteiger partial charge in [0, 0.05) is 37.4 Å². The summed E-state index contributed by atoms with van der Waals surface area (Å²) in [6.45, 7) is 2.90. The lowest BCUT2D eigenvalue weighted by Gasteiger charge is -2.35. The highest BCUT2D eigenvalue weighted by molar-refractivity contribution is 5.93. The number of amides is 1. The van der Waals surface area contributed by atoms with Gasteiger partial charge in [0.25, 0.3) is 5.91 Å². The maximum atomic E-state index is 12.9. The molecule has 4 rings (SSSR count). The van der Waals surface area contributed by atoms with Gasteiger partial charge in [0.1, 0.15) is 17.2 Å². The number of anilines is 1. The molecule has 1 aliphatic rings. The Morgan fingerprint density at radius 2 is 1.66 bits per heavy atom. The highest BCUT2D eigenvalue weighted by Crippen LogP contribution is 2.24. The predicted octanol–water partition coefficient (Wildman–Crippen LogP) is 3.06. The summed E-state index contributed by atoms with van der Waals surface area (Å²) in [5.74, 6) is 1.57. The van der Waals surface area contributed by atoms with Crippen molar-refractivity contribution in [3.8, 4) is 22.8 Å². The van der Waals surface area contributed by atoms with E-state index in [0.29, 0.717) is 18.8 Å². The summed E-state index contributed by atoms with van der Waals surface area (Å²) in [6, 6.07) is 17.4. The van der Waals surface area contributed by atoms with E-state index in [2.05, 4.69) is 15.1 Å². The van der Waals surface area contributed by atoms with Crippen molar-refractivity contribution in [2.75, 3.05) is 45.3 Å². The van der Waals surface area contributed by atoms with Crippen LogP contribution < -0.4 is 14.4 Å². The van der Waals surface area contributed by atoms with E-state index >= 15 is 0 Å². The van der Waals surface area contributed by atoms with Crippen LogP contribution >= 0.6 is 0 Å². The standard InChI is InChI=1S/C22H24N4O3/c1-28-18-8-6-17(7-9-18)25-10-12-26(13-11-25)22(27)21-15-20(23-24-21)16-4-3-5-19(14-16)29-2/h3-9,14-15H,10-13H2,1-2H3,(H,23,24). The van der Waals surface area contributed by atoms with Gasteiger partial charge in [0.2, 0.25) is 0 Å². The van der Waals surface area contributed by atoms with Crippen LogP contribution in [0.2, 0.25) is 0 Å². The van der Waals surface area contributed by atoms with E-state index in [1.165, 1.54) is 0 Å². The molecule has 1 saturated heterocycles. The van der Waals surface area contributed by atoms with Crippen molar-refractivity contribution >= 4 is 11.6 Å². The predicted molar refractivity (Wildman–Crippen MR) is 112 cm³/mol. The van der Waals surface area contributed by atoms with Gasteiger partial charge in [0.05, 0.1) is 19.9 Å². The van der Waals surface area contributed by atoms with Gasteiger partial charge >= 0.3 is 0 Å². The zero-order chi connectivity index (χ0) is 20.2. The maximum absolute atomic E-state index is 12.9. The van der Waals surface area contributed by atoms with Crippen LogP contribution in [0, 0.1) is 0 Å². The molecule has 2 heterocycles. The van der Waals surface area contributed by atoms with Crippen molar-refractivity contribution in [2.24, 2.45) is 0 Å². The number of hydrogen-bond acceptors (Lipinski definition) is 5. The first-order chi connectivity index (χ1) is 14.2. The maximum Gasteiger partial charge on any atom is 0.272 e. The number of methoxy groups -OCH3 is 2. The number of rotatable bonds is 5. The van der Waals surface area contributed by atoms with Crippen LogP contribution in [0.3, 0.4) is 0 Å². The van der Waals surface area contributed by atoms with Crippen LogP contribution in [0.4, 0.5) is 5.69 Å². The van der Waals surface area contributed by atoms with Gasteiger partial charge in [-0.2, -0.15) is 5.10 Å². The number of hydrogen-bond donors (Lipinski definition) is 1. The number of carbonyl (C=O) groups is 1. The molecule has 0 saturated carbocycles. The number of aromatic amines is 1. The third kappa shape index (κ3) is 4.03. The monoisotopic (exact) mass is 392 g/mol. The van der Waals surface area contributed by atoms with Crippen LogP contribution in [0.15, 0.2) is 54.6 Å². The SMILES string of the molecule is COc1ccc(N2CCN(C(=O)c3cc(-c4cccc(OC)c4)n[nH]3)CC2)cc1. The van der Waals surface area contributed by atoms with E-state index in [4.69, 9.17) is 9.47 Å². The molecule has 0 unspecified atom stereocenters. The molecular formula is C22H24N4O3. The molecule has 1 amide bonds. The zero-order valence-electron chi connectivity index (χ0n) is 16.6. The number of piperazine rings is 1. The average molecular weight is 392 g/mol. The Balaban J connectivity index is 1.40. The summed E-state index contributed by atoms with van der Waals surface area (Å²) in [7, 11) is 3.29. The fourth-order valence-electron chi connectivity index (χ4n) is 3.49. The fourth-order valence-corrected chi connectivity index (χ4v) is 3.49. The van der Waals surface area contributed by atoms with Gasteiger partial charge in [-0.05, 0) is 42.5 Å². The van der Waals surface area contributed by atoms with Crippen LogP contribution in [0.25, 0.3) is 11.3 Å². The molecule has 7 heteroatoms. The Hall–Kier alpha value is -3.48. The number of aromatic nitrogens is 2. The lowest BCUT2D eigenvalue weighted by atomic mass is 10.1. The summed E-state index contributed by atoms with van der Waals surface area (Å²) in [5.41, 5.74) is 3.27. The van der Waals surface area contributed by atoms with E-state index in [-0.39, 0.29) is 5.91 Å². The first-order valence-electron chi connectivity index (χ1n) is 9.56. The minimum atomic E-state index is -0.0268. The van der Waals surface area contributed by atoms with Crippen molar-refractivity contribution in [3.63, 3.8) is 0 Å². The molecule has 1 N–H and O–H groups in total. The quantitative estimate of drug-likeness (QED) is 0.723. The number of benzene rings is 2. The van der Waals surface area contributed by atoms with Gasteiger partial charge in [-0.15, -0.1) is 0 Å². The number of H-pyrrole nitrogens is 1. The molecule has 1 aliphatic heterocycles. The van der Waals surface area contributed by atoms with Crippen LogP contribution in [-0.4, -0.2) is 61.4 Å². The number of nitrogens with one attached hydrogen (secondary N) is 1. The van der Waals surface area contributed by atoms with E-state index in [1.54, 1.807) is 20.3 Å². The van der Waals surface area contributed by atoms with Gasteiger partial charge in [0.15, 0.2) is 0 Å². The lowest BCUT2D eigenvalue weighted by Crippen LogP contribution is -2.48. The normalized spacial score (nSPS) is 14.0. The molecule has 3 aromatic rings. The number of ether oxygens (including phenoxy) is 2. The minimum absolute atomic E-state index is 0.0268. The Labute approximate surface area is 169 Å². The fraction of sp³-hybridized carbons (Fsp3) is 0.273.